The number of halogens is 1. The van der Waals surface area contributed by atoms with Gasteiger partial charge in [-0.15, -0.1) is 0 Å². The second-order valence-electron chi connectivity index (χ2n) is 5.68. The van der Waals surface area contributed by atoms with Crippen molar-refractivity contribution in [2.45, 2.75) is 56.3 Å². The lowest BCUT2D eigenvalue weighted by atomic mass is 9.84. The minimum Gasteiger partial charge on any atom is -0.311 e. The fraction of sp³-hybridized carbons (Fsp3) is 0.600. The first-order valence-corrected chi connectivity index (χ1v) is 6.72. The summed E-state index contributed by atoms with van der Waals surface area (Å²) in [6.07, 6.45) is 5.33. The van der Waals surface area contributed by atoms with Crippen LogP contribution in [0.2, 0.25) is 0 Å². The zero-order chi connectivity index (χ0) is 11.7. The van der Waals surface area contributed by atoms with E-state index in [-0.39, 0.29) is 0 Å². The van der Waals surface area contributed by atoms with Crippen molar-refractivity contribution < 1.29 is 4.39 Å². The maximum atomic E-state index is 14.8. The van der Waals surface area contributed by atoms with Crippen molar-refractivity contribution in [1.82, 2.24) is 5.32 Å². The molecule has 1 aromatic carbocycles. The normalized spacial score (nSPS) is 36.1. The second kappa shape index (κ2) is 4.41. The highest BCUT2D eigenvalue weighted by atomic mass is 19.1. The molecule has 2 aliphatic heterocycles. The molecule has 1 N–H and O–H groups in total. The Bertz CT molecular complexity index is 364. The quantitative estimate of drug-likeness (QED) is 0.845. The van der Waals surface area contributed by atoms with Gasteiger partial charge in [-0.05, 0) is 44.1 Å². The standard InChI is InChI=1S/C15H20FN/c16-15(9-8-12-4-2-1-3-5-12)10-13-6-7-14(11-15)17-13/h1-5,13-14,17H,6-11H2. The van der Waals surface area contributed by atoms with Gasteiger partial charge in [0, 0.05) is 12.1 Å². The van der Waals surface area contributed by atoms with Crippen LogP contribution in [0.25, 0.3) is 0 Å². The number of benzene rings is 1. The van der Waals surface area contributed by atoms with Crippen LogP contribution in [0.4, 0.5) is 4.39 Å². The van der Waals surface area contributed by atoms with Gasteiger partial charge in [0.2, 0.25) is 0 Å². The molecule has 0 amide bonds. The lowest BCUT2D eigenvalue weighted by Gasteiger charge is -2.35. The SMILES string of the molecule is FC1(CCc2ccccc2)CC2CCC(C1)N2. The Morgan fingerprint density at radius 2 is 1.76 bits per heavy atom. The number of alkyl halides is 1. The molecule has 2 unspecified atom stereocenters. The predicted octanol–water partition coefficient (Wildman–Crippen LogP) is 3.24. The van der Waals surface area contributed by atoms with E-state index in [0.29, 0.717) is 18.5 Å². The summed E-state index contributed by atoms with van der Waals surface area (Å²) in [5, 5.41) is 3.50. The molecule has 1 nitrogen and oxygen atoms in total. The van der Waals surface area contributed by atoms with Crippen LogP contribution in [0, 0.1) is 0 Å². The zero-order valence-electron chi connectivity index (χ0n) is 10.2. The van der Waals surface area contributed by atoms with E-state index >= 15 is 0 Å². The Balaban J connectivity index is 1.61. The third kappa shape index (κ3) is 2.52. The van der Waals surface area contributed by atoms with Gasteiger partial charge >= 0.3 is 0 Å². The number of hydrogen-bond acceptors (Lipinski definition) is 1. The maximum absolute atomic E-state index is 14.8. The van der Waals surface area contributed by atoms with Crippen molar-refractivity contribution in [3.63, 3.8) is 0 Å². The van der Waals surface area contributed by atoms with Gasteiger partial charge in [-0.25, -0.2) is 4.39 Å². The lowest BCUT2D eigenvalue weighted by Crippen LogP contribution is -2.46. The van der Waals surface area contributed by atoms with E-state index in [1.807, 2.05) is 18.2 Å². The zero-order valence-corrected chi connectivity index (χ0v) is 10.2. The average molecular weight is 233 g/mol. The summed E-state index contributed by atoms with van der Waals surface area (Å²) in [6, 6.07) is 11.2. The number of fused-ring (bicyclic) bond motifs is 2. The summed E-state index contributed by atoms with van der Waals surface area (Å²) in [7, 11) is 0. The Labute approximate surface area is 102 Å². The topological polar surface area (TPSA) is 12.0 Å². The third-order valence-corrected chi connectivity index (χ3v) is 4.26. The minimum atomic E-state index is -0.924. The molecular weight excluding hydrogens is 213 g/mol. The number of nitrogens with one attached hydrogen (secondary N) is 1. The van der Waals surface area contributed by atoms with Crippen LogP contribution in [0.1, 0.15) is 37.7 Å². The number of aryl methyl sites for hydroxylation is 1. The van der Waals surface area contributed by atoms with Crippen LogP contribution in [-0.4, -0.2) is 17.8 Å². The Morgan fingerprint density at radius 3 is 2.41 bits per heavy atom. The Hall–Kier alpha value is -0.890. The van der Waals surface area contributed by atoms with Crippen LogP contribution in [0.5, 0.6) is 0 Å². The predicted molar refractivity (Wildman–Crippen MR) is 67.8 cm³/mol. The molecule has 0 saturated carbocycles. The summed E-state index contributed by atoms with van der Waals surface area (Å²) >= 11 is 0. The van der Waals surface area contributed by atoms with E-state index in [9.17, 15) is 4.39 Å². The van der Waals surface area contributed by atoms with Crippen LogP contribution in [0.3, 0.4) is 0 Å². The Morgan fingerprint density at radius 1 is 1.12 bits per heavy atom. The first-order valence-electron chi connectivity index (χ1n) is 6.72. The van der Waals surface area contributed by atoms with Crippen molar-refractivity contribution in [2.75, 3.05) is 0 Å². The molecule has 2 saturated heterocycles. The van der Waals surface area contributed by atoms with Crippen molar-refractivity contribution in [3.05, 3.63) is 35.9 Å². The van der Waals surface area contributed by atoms with Gasteiger partial charge in [0.25, 0.3) is 0 Å². The molecular formula is C15H20FN. The average Bonchev–Trinajstić information content (AvgIpc) is 2.69. The third-order valence-electron chi connectivity index (χ3n) is 4.26. The summed E-state index contributed by atoms with van der Waals surface area (Å²) in [5.41, 5.74) is 0.336. The van der Waals surface area contributed by atoms with Crippen molar-refractivity contribution in [3.8, 4) is 0 Å². The fourth-order valence-corrected chi connectivity index (χ4v) is 3.41. The largest absolute Gasteiger partial charge is 0.311 e. The second-order valence-corrected chi connectivity index (χ2v) is 5.68. The molecule has 92 valence electrons. The van der Waals surface area contributed by atoms with E-state index in [0.717, 1.165) is 19.3 Å². The van der Waals surface area contributed by atoms with Gasteiger partial charge in [-0.2, -0.15) is 0 Å². The highest BCUT2D eigenvalue weighted by Gasteiger charge is 2.43. The van der Waals surface area contributed by atoms with Gasteiger partial charge < -0.3 is 5.32 Å². The molecule has 2 aliphatic rings. The molecule has 2 fully saturated rings. The molecule has 1 aromatic rings. The molecule has 0 aromatic heterocycles. The van der Waals surface area contributed by atoms with Crippen molar-refractivity contribution in [2.24, 2.45) is 0 Å². The van der Waals surface area contributed by atoms with Crippen LogP contribution >= 0.6 is 0 Å². The molecule has 2 bridgehead atoms. The molecule has 0 spiro atoms. The smallest absolute Gasteiger partial charge is 0.114 e. The van der Waals surface area contributed by atoms with Crippen LogP contribution < -0.4 is 5.32 Å². The van der Waals surface area contributed by atoms with Crippen molar-refractivity contribution >= 4 is 0 Å². The highest BCUT2D eigenvalue weighted by Crippen LogP contribution is 2.39. The van der Waals surface area contributed by atoms with Gasteiger partial charge in [0.1, 0.15) is 5.67 Å². The number of hydrogen-bond donors (Lipinski definition) is 1. The minimum absolute atomic E-state index is 0.439. The molecule has 17 heavy (non-hydrogen) atoms. The first kappa shape index (κ1) is 11.2. The van der Waals surface area contributed by atoms with Crippen LogP contribution in [0.15, 0.2) is 30.3 Å². The first-order chi connectivity index (χ1) is 8.23. The van der Waals surface area contributed by atoms with Crippen LogP contribution in [-0.2, 0) is 6.42 Å². The van der Waals surface area contributed by atoms with Gasteiger partial charge in [0.05, 0.1) is 0 Å². The van der Waals surface area contributed by atoms with Gasteiger partial charge in [0.15, 0.2) is 0 Å². The van der Waals surface area contributed by atoms with Crippen molar-refractivity contribution in [1.29, 1.82) is 0 Å². The summed E-state index contributed by atoms with van der Waals surface area (Å²) in [5.74, 6) is 0. The van der Waals surface area contributed by atoms with Gasteiger partial charge in [-0.1, -0.05) is 30.3 Å². The maximum Gasteiger partial charge on any atom is 0.114 e. The highest BCUT2D eigenvalue weighted by molar-refractivity contribution is 5.15. The van der Waals surface area contributed by atoms with E-state index in [4.69, 9.17) is 0 Å². The molecule has 3 rings (SSSR count). The molecule has 2 atom stereocenters. The molecule has 0 radical (unpaired) electrons. The number of rotatable bonds is 3. The Kier molecular flexibility index (Phi) is 2.91. The monoisotopic (exact) mass is 233 g/mol. The molecule has 0 aliphatic carbocycles. The van der Waals surface area contributed by atoms with E-state index in [1.54, 1.807) is 0 Å². The summed E-state index contributed by atoms with van der Waals surface area (Å²) in [4.78, 5) is 0. The summed E-state index contributed by atoms with van der Waals surface area (Å²) < 4.78 is 14.8. The fourth-order valence-electron chi connectivity index (χ4n) is 3.41. The van der Waals surface area contributed by atoms with E-state index < -0.39 is 5.67 Å². The number of piperidine rings is 1. The summed E-state index contributed by atoms with van der Waals surface area (Å²) in [6.45, 7) is 0. The van der Waals surface area contributed by atoms with E-state index in [1.165, 1.54) is 18.4 Å². The molecule has 2 heterocycles. The van der Waals surface area contributed by atoms with E-state index in [2.05, 4.69) is 17.4 Å². The molecule has 2 heteroatoms. The van der Waals surface area contributed by atoms with Gasteiger partial charge in [-0.3, -0.25) is 0 Å². The lowest BCUT2D eigenvalue weighted by molar-refractivity contribution is 0.0798.